The molecule has 130 valence electrons. The van der Waals surface area contributed by atoms with E-state index in [4.69, 9.17) is 0 Å². The van der Waals surface area contributed by atoms with Crippen LogP contribution in [0.3, 0.4) is 0 Å². The van der Waals surface area contributed by atoms with Gasteiger partial charge in [0.25, 0.3) is 0 Å². The summed E-state index contributed by atoms with van der Waals surface area (Å²) < 4.78 is 0. The fourth-order valence-corrected chi connectivity index (χ4v) is 3.29. The maximum Gasteiger partial charge on any atom is 0.335 e. The van der Waals surface area contributed by atoms with Crippen molar-refractivity contribution in [3.63, 3.8) is 0 Å². The van der Waals surface area contributed by atoms with E-state index < -0.39 is 24.4 Å². The summed E-state index contributed by atoms with van der Waals surface area (Å²) in [5, 5.41) is 0. The number of imide groups is 2. The standard InChI is InChI=1S/C18H19N3O4/c1-2-10-20-16(23)17(24)21(18(20)25)12-15(22)19-11-6-9-14(19)13-7-4-3-5-8-13/h2-5,7-8,14H,1,6,9-12H2/t14-/m0/s1. The summed E-state index contributed by atoms with van der Waals surface area (Å²) in [5.74, 6) is -2.21. The maximum atomic E-state index is 12.7. The molecule has 2 aliphatic rings. The van der Waals surface area contributed by atoms with Crippen LogP contribution < -0.4 is 0 Å². The molecule has 0 aromatic heterocycles. The van der Waals surface area contributed by atoms with Crippen molar-refractivity contribution in [1.82, 2.24) is 14.7 Å². The normalized spacial score (nSPS) is 20.6. The first kappa shape index (κ1) is 16.9. The highest BCUT2D eigenvalue weighted by molar-refractivity contribution is 6.45. The maximum absolute atomic E-state index is 12.7. The molecule has 1 aromatic rings. The van der Waals surface area contributed by atoms with Crippen LogP contribution in [-0.4, -0.2) is 58.1 Å². The van der Waals surface area contributed by atoms with Crippen molar-refractivity contribution in [2.24, 2.45) is 0 Å². The summed E-state index contributed by atoms with van der Waals surface area (Å²) in [6, 6.07) is 8.81. The van der Waals surface area contributed by atoms with E-state index in [2.05, 4.69) is 6.58 Å². The number of urea groups is 1. The molecular weight excluding hydrogens is 322 g/mol. The van der Waals surface area contributed by atoms with Crippen LogP contribution in [0.4, 0.5) is 4.79 Å². The molecule has 0 saturated carbocycles. The van der Waals surface area contributed by atoms with E-state index in [1.807, 2.05) is 30.3 Å². The van der Waals surface area contributed by atoms with Crippen LogP contribution >= 0.6 is 0 Å². The van der Waals surface area contributed by atoms with Gasteiger partial charge in [-0.25, -0.2) is 9.69 Å². The van der Waals surface area contributed by atoms with Gasteiger partial charge in [0.2, 0.25) is 5.91 Å². The highest BCUT2D eigenvalue weighted by Crippen LogP contribution is 2.32. The van der Waals surface area contributed by atoms with E-state index in [0.717, 1.165) is 23.3 Å². The molecule has 2 heterocycles. The number of hydrogen-bond donors (Lipinski definition) is 0. The predicted octanol–water partition coefficient (Wildman–Crippen LogP) is 1.33. The molecule has 0 radical (unpaired) electrons. The molecule has 7 nitrogen and oxygen atoms in total. The lowest BCUT2D eigenvalue weighted by atomic mass is 10.0. The molecule has 1 atom stereocenters. The van der Waals surface area contributed by atoms with Crippen molar-refractivity contribution in [3.05, 3.63) is 48.6 Å². The lowest BCUT2D eigenvalue weighted by Gasteiger charge is -2.26. The number of nitrogens with zero attached hydrogens (tertiary/aromatic N) is 3. The quantitative estimate of drug-likeness (QED) is 0.460. The molecule has 0 spiro atoms. The smallest absolute Gasteiger partial charge is 0.334 e. The van der Waals surface area contributed by atoms with E-state index in [1.165, 1.54) is 6.08 Å². The molecule has 25 heavy (non-hydrogen) atoms. The second kappa shape index (κ2) is 6.88. The van der Waals surface area contributed by atoms with Crippen LogP contribution in [0.2, 0.25) is 0 Å². The number of likely N-dealkylation sites (tertiary alicyclic amines) is 1. The van der Waals surface area contributed by atoms with E-state index in [-0.39, 0.29) is 18.5 Å². The van der Waals surface area contributed by atoms with Gasteiger partial charge in [-0.3, -0.25) is 19.3 Å². The molecule has 7 heteroatoms. The molecular formula is C18H19N3O4. The molecule has 3 rings (SSSR count). The van der Waals surface area contributed by atoms with Gasteiger partial charge in [0.15, 0.2) is 0 Å². The molecule has 0 bridgehead atoms. The zero-order valence-corrected chi connectivity index (χ0v) is 13.8. The monoisotopic (exact) mass is 341 g/mol. The molecule has 0 N–H and O–H groups in total. The van der Waals surface area contributed by atoms with Crippen LogP contribution in [0.1, 0.15) is 24.4 Å². The van der Waals surface area contributed by atoms with Gasteiger partial charge in [0.1, 0.15) is 6.54 Å². The van der Waals surface area contributed by atoms with Gasteiger partial charge in [-0.05, 0) is 18.4 Å². The number of hydrogen-bond acceptors (Lipinski definition) is 4. The van der Waals surface area contributed by atoms with Gasteiger partial charge in [0, 0.05) is 13.1 Å². The van der Waals surface area contributed by atoms with Crippen molar-refractivity contribution in [2.75, 3.05) is 19.6 Å². The minimum atomic E-state index is -0.962. The Bertz CT molecular complexity index is 731. The average molecular weight is 341 g/mol. The molecule has 2 aliphatic heterocycles. The number of carbonyl (C=O) groups is 4. The summed E-state index contributed by atoms with van der Waals surface area (Å²) in [5.41, 5.74) is 1.02. The van der Waals surface area contributed by atoms with Crippen LogP contribution in [0.5, 0.6) is 0 Å². The highest BCUT2D eigenvalue weighted by atomic mass is 16.2. The van der Waals surface area contributed by atoms with Gasteiger partial charge < -0.3 is 4.90 Å². The Balaban J connectivity index is 1.73. The third-order valence-corrected chi connectivity index (χ3v) is 4.50. The van der Waals surface area contributed by atoms with Crippen molar-refractivity contribution < 1.29 is 19.2 Å². The van der Waals surface area contributed by atoms with E-state index >= 15 is 0 Å². The Labute approximate surface area is 145 Å². The topological polar surface area (TPSA) is 78.0 Å². The number of benzene rings is 1. The van der Waals surface area contributed by atoms with Gasteiger partial charge >= 0.3 is 17.8 Å². The number of carbonyl (C=O) groups excluding carboxylic acids is 4. The molecule has 2 fully saturated rings. The Kier molecular flexibility index (Phi) is 4.65. The number of amides is 5. The first-order chi connectivity index (χ1) is 12.0. The van der Waals surface area contributed by atoms with E-state index in [0.29, 0.717) is 11.4 Å². The Morgan fingerprint density at radius 1 is 1.12 bits per heavy atom. The van der Waals surface area contributed by atoms with Crippen LogP contribution in [0, 0.1) is 0 Å². The van der Waals surface area contributed by atoms with Crippen LogP contribution in [0.25, 0.3) is 0 Å². The molecule has 0 unspecified atom stereocenters. The average Bonchev–Trinajstić information content (AvgIpc) is 3.19. The summed E-state index contributed by atoms with van der Waals surface area (Å²) >= 11 is 0. The van der Waals surface area contributed by atoms with Crippen molar-refractivity contribution >= 4 is 23.8 Å². The lowest BCUT2D eigenvalue weighted by Crippen LogP contribution is -2.43. The number of rotatable bonds is 5. The second-order valence-electron chi connectivity index (χ2n) is 6.03. The van der Waals surface area contributed by atoms with Crippen molar-refractivity contribution in [1.29, 1.82) is 0 Å². The first-order valence-corrected chi connectivity index (χ1v) is 8.17. The van der Waals surface area contributed by atoms with E-state index in [9.17, 15) is 19.2 Å². The zero-order valence-electron chi connectivity index (χ0n) is 13.8. The van der Waals surface area contributed by atoms with Gasteiger partial charge in [-0.2, -0.15) is 0 Å². The molecule has 5 amide bonds. The van der Waals surface area contributed by atoms with Crippen molar-refractivity contribution in [2.45, 2.75) is 18.9 Å². The van der Waals surface area contributed by atoms with E-state index in [1.54, 1.807) is 4.90 Å². The Hall–Kier alpha value is -2.96. The minimum absolute atomic E-state index is 0.0511. The van der Waals surface area contributed by atoms with Crippen LogP contribution in [-0.2, 0) is 14.4 Å². The van der Waals surface area contributed by atoms with Gasteiger partial charge in [0.05, 0.1) is 6.04 Å². The summed E-state index contributed by atoms with van der Waals surface area (Å²) in [7, 11) is 0. The minimum Gasteiger partial charge on any atom is -0.334 e. The Morgan fingerprint density at radius 3 is 2.48 bits per heavy atom. The lowest BCUT2D eigenvalue weighted by molar-refractivity contribution is -0.145. The zero-order chi connectivity index (χ0) is 18.0. The largest absolute Gasteiger partial charge is 0.335 e. The SMILES string of the molecule is C=CCN1C(=O)C(=O)N(CC(=O)N2CCC[C@H]2c2ccccc2)C1=O. The third-order valence-electron chi connectivity index (χ3n) is 4.50. The van der Waals surface area contributed by atoms with Crippen LogP contribution in [0.15, 0.2) is 43.0 Å². The van der Waals surface area contributed by atoms with Crippen molar-refractivity contribution in [3.8, 4) is 0 Å². The second-order valence-corrected chi connectivity index (χ2v) is 6.03. The fourth-order valence-electron chi connectivity index (χ4n) is 3.29. The molecule has 0 aliphatic carbocycles. The summed E-state index contributed by atoms with van der Waals surface area (Å²) in [6.07, 6.45) is 3.05. The highest BCUT2D eigenvalue weighted by Gasteiger charge is 2.45. The Morgan fingerprint density at radius 2 is 1.80 bits per heavy atom. The molecule has 2 saturated heterocycles. The fraction of sp³-hybridized carbons (Fsp3) is 0.333. The first-order valence-electron chi connectivity index (χ1n) is 8.17. The molecule has 1 aromatic carbocycles. The summed E-state index contributed by atoms with van der Waals surface area (Å²) in [6.45, 7) is 3.56. The predicted molar refractivity (Wildman–Crippen MR) is 89.1 cm³/mol. The van der Waals surface area contributed by atoms with Gasteiger partial charge in [-0.15, -0.1) is 6.58 Å². The summed E-state index contributed by atoms with van der Waals surface area (Å²) in [4.78, 5) is 51.9. The third kappa shape index (κ3) is 3.05. The van der Waals surface area contributed by atoms with Gasteiger partial charge in [-0.1, -0.05) is 36.4 Å².